The molecule has 2 heterocycles. The minimum atomic E-state index is -0.921. The number of amides is 5. The van der Waals surface area contributed by atoms with E-state index in [1.807, 2.05) is 13.0 Å². The van der Waals surface area contributed by atoms with Crippen molar-refractivity contribution in [2.75, 3.05) is 18.4 Å². The van der Waals surface area contributed by atoms with Gasteiger partial charge in [0.05, 0.1) is 0 Å². The summed E-state index contributed by atoms with van der Waals surface area (Å²) in [5.41, 5.74) is 1.49. The van der Waals surface area contributed by atoms with Crippen molar-refractivity contribution in [3.05, 3.63) is 65.2 Å². The van der Waals surface area contributed by atoms with Gasteiger partial charge in [0.1, 0.15) is 5.54 Å². The highest BCUT2D eigenvalue weighted by Gasteiger charge is 2.48. The Hall–Kier alpha value is -3.68. The van der Waals surface area contributed by atoms with Crippen molar-refractivity contribution in [3.63, 3.8) is 0 Å². The molecule has 0 unspecified atom stereocenters. The molecule has 2 aromatic rings. The number of nitrogens with one attached hydrogen (secondary N) is 3. The highest BCUT2D eigenvalue weighted by atomic mass is 16.2. The van der Waals surface area contributed by atoms with E-state index in [0.717, 1.165) is 5.56 Å². The number of benzene rings is 2. The van der Waals surface area contributed by atoms with E-state index in [0.29, 0.717) is 42.7 Å². The number of piperidine rings is 1. The van der Waals surface area contributed by atoms with E-state index in [2.05, 4.69) is 16.0 Å². The van der Waals surface area contributed by atoms with Gasteiger partial charge in [-0.3, -0.25) is 19.7 Å². The molecular weight excluding hydrogens is 384 g/mol. The monoisotopic (exact) mass is 406 g/mol. The second-order valence-electron chi connectivity index (χ2n) is 7.63. The summed E-state index contributed by atoms with van der Waals surface area (Å²) in [7, 11) is 0. The van der Waals surface area contributed by atoms with Crippen LogP contribution in [0.25, 0.3) is 0 Å². The quantitative estimate of drug-likeness (QED) is 0.678. The minimum absolute atomic E-state index is 0.176. The number of carbonyl (C=O) groups is 4. The number of urea groups is 1. The summed E-state index contributed by atoms with van der Waals surface area (Å²) in [6.45, 7) is 2.57. The molecule has 0 radical (unpaired) electrons. The topological polar surface area (TPSA) is 108 Å². The molecule has 8 heteroatoms. The van der Waals surface area contributed by atoms with Crippen molar-refractivity contribution < 1.29 is 19.2 Å². The number of hydrogen-bond donors (Lipinski definition) is 3. The average molecular weight is 406 g/mol. The lowest BCUT2D eigenvalue weighted by Gasteiger charge is -2.37. The molecule has 0 aliphatic carbocycles. The number of carbonyl (C=O) groups excluding carboxylic acids is 4. The van der Waals surface area contributed by atoms with Crippen LogP contribution in [0, 0.1) is 6.92 Å². The van der Waals surface area contributed by atoms with E-state index >= 15 is 0 Å². The number of rotatable bonds is 3. The summed E-state index contributed by atoms with van der Waals surface area (Å²) < 4.78 is 0. The van der Waals surface area contributed by atoms with Crippen LogP contribution in [-0.2, 0) is 4.79 Å². The minimum Gasteiger partial charge on any atom is -0.338 e. The molecular formula is C22H22N4O4. The summed E-state index contributed by atoms with van der Waals surface area (Å²) in [4.78, 5) is 50.7. The van der Waals surface area contributed by atoms with Crippen LogP contribution >= 0.6 is 0 Å². The maximum Gasteiger partial charge on any atom is 0.322 e. The van der Waals surface area contributed by atoms with Crippen LogP contribution in [0.5, 0.6) is 0 Å². The Bertz CT molecular complexity index is 1030. The van der Waals surface area contributed by atoms with Gasteiger partial charge in [0, 0.05) is 29.9 Å². The van der Waals surface area contributed by atoms with Crippen molar-refractivity contribution in [1.82, 2.24) is 15.5 Å². The number of hydrogen-bond acceptors (Lipinski definition) is 4. The molecule has 8 nitrogen and oxygen atoms in total. The van der Waals surface area contributed by atoms with Crippen LogP contribution in [0.1, 0.15) is 39.1 Å². The molecule has 2 aromatic carbocycles. The van der Waals surface area contributed by atoms with Crippen LogP contribution in [0.2, 0.25) is 0 Å². The highest BCUT2D eigenvalue weighted by Crippen LogP contribution is 2.27. The van der Waals surface area contributed by atoms with Gasteiger partial charge in [-0.25, -0.2) is 4.79 Å². The van der Waals surface area contributed by atoms with Gasteiger partial charge in [-0.15, -0.1) is 0 Å². The van der Waals surface area contributed by atoms with Crippen LogP contribution in [0.3, 0.4) is 0 Å². The standard InChI is InChI=1S/C22H22N4O4/c1-14-7-8-16(13-17(14)23-18(27)15-5-3-2-4-6-15)19(28)26-11-9-22(10-12-26)20(29)24-21(30)25-22/h2-8,13H,9-12H2,1H3,(H,23,27)(H2,24,25,29,30). The maximum atomic E-state index is 13.0. The second kappa shape index (κ2) is 7.62. The van der Waals surface area contributed by atoms with E-state index in [9.17, 15) is 19.2 Å². The first-order valence-corrected chi connectivity index (χ1v) is 9.78. The Labute approximate surface area is 173 Å². The predicted molar refractivity (Wildman–Crippen MR) is 110 cm³/mol. The first-order chi connectivity index (χ1) is 14.4. The van der Waals surface area contributed by atoms with E-state index < -0.39 is 11.6 Å². The average Bonchev–Trinajstić information content (AvgIpc) is 3.02. The molecule has 0 aromatic heterocycles. The molecule has 2 fully saturated rings. The first-order valence-electron chi connectivity index (χ1n) is 9.78. The van der Waals surface area contributed by atoms with Gasteiger partial charge in [-0.1, -0.05) is 24.3 Å². The Kier molecular flexibility index (Phi) is 4.99. The molecule has 30 heavy (non-hydrogen) atoms. The van der Waals surface area contributed by atoms with E-state index in [4.69, 9.17) is 0 Å². The fourth-order valence-electron chi connectivity index (χ4n) is 3.83. The van der Waals surface area contributed by atoms with Crippen molar-refractivity contribution >= 4 is 29.4 Å². The molecule has 154 valence electrons. The van der Waals surface area contributed by atoms with Gasteiger partial charge in [0.15, 0.2) is 0 Å². The molecule has 0 saturated carbocycles. The zero-order valence-electron chi connectivity index (χ0n) is 16.5. The Balaban J connectivity index is 1.46. The van der Waals surface area contributed by atoms with Crippen molar-refractivity contribution in [1.29, 1.82) is 0 Å². The molecule has 2 saturated heterocycles. The summed E-state index contributed by atoms with van der Waals surface area (Å²) in [5, 5.41) is 7.82. The molecule has 2 aliphatic heterocycles. The Morgan fingerprint density at radius 2 is 1.70 bits per heavy atom. The van der Waals surface area contributed by atoms with Gasteiger partial charge in [0.25, 0.3) is 17.7 Å². The largest absolute Gasteiger partial charge is 0.338 e. The van der Waals surface area contributed by atoms with E-state index in [1.165, 1.54) is 0 Å². The summed E-state index contributed by atoms with van der Waals surface area (Å²) in [6.07, 6.45) is 0.722. The van der Waals surface area contributed by atoms with Crippen LogP contribution < -0.4 is 16.0 Å². The Morgan fingerprint density at radius 1 is 1.00 bits per heavy atom. The van der Waals surface area contributed by atoms with Gasteiger partial charge >= 0.3 is 6.03 Å². The fraction of sp³-hybridized carbons (Fsp3) is 0.273. The molecule has 5 amide bonds. The zero-order valence-corrected chi connectivity index (χ0v) is 16.5. The van der Waals surface area contributed by atoms with Gasteiger partial charge in [0.2, 0.25) is 0 Å². The lowest BCUT2D eigenvalue weighted by Crippen LogP contribution is -2.55. The predicted octanol–water partition coefficient (Wildman–Crippen LogP) is 2.06. The summed E-state index contributed by atoms with van der Waals surface area (Å²) >= 11 is 0. The van der Waals surface area contributed by atoms with Crippen LogP contribution in [0.4, 0.5) is 10.5 Å². The smallest absolute Gasteiger partial charge is 0.322 e. The molecule has 4 rings (SSSR count). The van der Waals surface area contributed by atoms with E-state index in [-0.39, 0.29) is 17.7 Å². The first kappa shape index (κ1) is 19.6. The third-order valence-corrected chi connectivity index (χ3v) is 5.69. The molecule has 1 spiro atoms. The van der Waals surface area contributed by atoms with Gasteiger partial charge < -0.3 is 15.5 Å². The van der Waals surface area contributed by atoms with Crippen LogP contribution in [0.15, 0.2) is 48.5 Å². The normalized spacial score (nSPS) is 17.4. The fourth-order valence-corrected chi connectivity index (χ4v) is 3.83. The maximum absolute atomic E-state index is 13.0. The number of nitrogens with zero attached hydrogens (tertiary/aromatic N) is 1. The number of aryl methyl sites for hydroxylation is 1. The highest BCUT2D eigenvalue weighted by molar-refractivity contribution is 6.07. The van der Waals surface area contributed by atoms with Gasteiger partial charge in [-0.05, 0) is 49.6 Å². The molecule has 0 atom stereocenters. The number of anilines is 1. The van der Waals surface area contributed by atoms with Gasteiger partial charge in [-0.2, -0.15) is 0 Å². The number of imide groups is 1. The lowest BCUT2D eigenvalue weighted by atomic mass is 9.87. The summed E-state index contributed by atoms with van der Waals surface area (Å²) in [5.74, 6) is -0.753. The lowest BCUT2D eigenvalue weighted by molar-refractivity contribution is -0.125. The second-order valence-corrected chi connectivity index (χ2v) is 7.63. The van der Waals surface area contributed by atoms with Crippen molar-refractivity contribution in [3.8, 4) is 0 Å². The van der Waals surface area contributed by atoms with E-state index in [1.54, 1.807) is 47.4 Å². The SMILES string of the molecule is Cc1ccc(C(=O)N2CCC3(CC2)NC(=O)NC3=O)cc1NC(=O)c1ccccc1. The number of likely N-dealkylation sites (tertiary alicyclic amines) is 1. The van der Waals surface area contributed by atoms with Crippen molar-refractivity contribution in [2.45, 2.75) is 25.3 Å². The molecule has 0 bridgehead atoms. The zero-order chi connectivity index (χ0) is 21.3. The molecule has 3 N–H and O–H groups in total. The Morgan fingerprint density at radius 3 is 2.33 bits per heavy atom. The third-order valence-electron chi connectivity index (χ3n) is 5.69. The van der Waals surface area contributed by atoms with Crippen molar-refractivity contribution in [2.24, 2.45) is 0 Å². The van der Waals surface area contributed by atoms with Crippen LogP contribution in [-0.4, -0.2) is 47.3 Å². The summed E-state index contributed by atoms with van der Waals surface area (Å²) in [6, 6.07) is 13.6. The third kappa shape index (κ3) is 3.63. The molecule has 2 aliphatic rings.